The Bertz CT molecular complexity index is 599. The average molecular weight is 332 g/mol. The molecule has 1 aromatic carbocycles. The lowest BCUT2D eigenvalue weighted by Gasteiger charge is -2.09. The smallest absolute Gasteiger partial charge is 0.323 e. The number of hydrogen-bond donors (Lipinski definition) is 2. The third-order valence-electron chi connectivity index (χ3n) is 2.12. The Kier molecular flexibility index (Phi) is 6.38. The molecule has 0 unspecified atom stereocenters. The van der Waals surface area contributed by atoms with Crippen molar-refractivity contribution in [1.82, 2.24) is 0 Å². The van der Waals surface area contributed by atoms with Crippen molar-refractivity contribution in [2.75, 3.05) is 23.7 Å². The van der Waals surface area contributed by atoms with E-state index in [1.165, 1.54) is 12.1 Å². The molecule has 0 amide bonds. The molecule has 0 radical (unpaired) electrons. The van der Waals surface area contributed by atoms with Gasteiger partial charge in [-0.05, 0) is 31.2 Å². The standard InChI is InChI=1S/C12H16N2O5S2/c1-2-18-12(15)8-21(16,17)14-9-3-5-10(6-4-9)19-7-11(13)20/h3-6,14H,2,7-8H2,1H3,(H2,13,20). The highest BCUT2D eigenvalue weighted by molar-refractivity contribution is 7.93. The number of ether oxygens (including phenoxy) is 2. The first-order chi connectivity index (χ1) is 9.82. The van der Waals surface area contributed by atoms with Gasteiger partial charge in [0.05, 0.1) is 6.61 Å². The van der Waals surface area contributed by atoms with Crippen molar-refractivity contribution in [3.8, 4) is 5.75 Å². The first kappa shape index (κ1) is 17.2. The zero-order chi connectivity index (χ0) is 15.9. The summed E-state index contributed by atoms with van der Waals surface area (Å²) in [5, 5.41) is 0. The predicted octanol–water partition coefficient (Wildman–Crippen LogP) is 0.656. The second kappa shape index (κ2) is 7.79. The molecule has 9 heteroatoms. The van der Waals surface area contributed by atoms with Gasteiger partial charge in [0.15, 0.2) is 5.75 Å². The topological polar surface area (TPSA) is 108 Å². The summed E-state index contributed by atoms with van der Waals surface area (Å²) in [6, 6.07) is 6.11. The summed E-state index contributed by atoms with van der Waals surface area (Å²) in [7, 11) is -3.80. The van der Waals surface area contributed by atoms with E-state index >= 15 is 0 Å². The monoisotopic (exact) mass is 332 g/mol. The van der Waals surface area contributed by atoms with Gasteiger partial charge in [-0.1, -0.05) is 12.2 Å². The van der Waals surface area contributed by atoms with Crippen LogP contribution in [0.5, 0.6) is 5.75 Å². The van der Waals surface area contributed by atoms with Crippen LogP contribution in [0.25, 0.3) is 0 Å². The molecule has 0 aromatic heterocycles. The van der Waals surface area contributed by atoms with E-state index in [9.17, 15) is 13.2 Å². The largest absolute Gasteiger partial charge is 0.487 e. The van der Waals surface area contributed by atoms with E-state index in [1.54, 1.807) is 19.1 Å². The fourth-order valence-corrected chi connectivity index (χ4v) is 2.37. The van der Waals surface area contributed by atoms with Crippen molar-refractivity contribution in [3.05, 3.63) is 24.3 Å². The van der Waals surface area contributed by atoms with Gasteiger partial charge in [-0.25, -0.2) is 8.42 Å². The zero-order valence-corrected chi connectivity index (χ0v) is 13.0. The molecule has 0 atom stereocenters. The summed E-state index contributed by atoms with van der Waals surface area (Å²) in [5.74, 6) is -1.04. The number of thiocarbonyl (C=S) groups is 1. The number of hydrogen-bond acceptors (Lipinski definition) is 6. The molecule has 21 heavy (non-hydrogen) atoms. The Hall–Kier alpha value is -1.87. The summed E-state index contributed by atoms with van der Waals surface area (Å²) in [5.41, 5.74) is 5.60. The Morgan fingerprint density at radius 3 is 2.48 bits per heavy atom. The Labute approximate surface area is 128 Å². The molecule has 0 spiro atoms. The minimum absolute atomic E-state index is 0.100. The first-order valence-electron chi connectivity index (χ1n) is 5.99. The Morgan fingerprint density at radius 1 is 1.33 bits per heavy atom. The highest BCUT2D eigenvalue weighted by Crippen LogP contribution is 2.16. The van der Waals surface area contributed by atoms with Gasteiger partial charge in [0.1, 0.15) is 17.3 Å². The molecule has 0 aliphatic carbocycles. The number of carbonyl (C=O) groups excluding carboxylic acids is 1. The fraction of sp³-hybridized carbons (Fsp3) is 0.333. The maximum atomic E-state index is 11.7. The second-order valence-corrected chi connectivity index (χ2v) is 6.19. The normalized spacial score (nSPS) is 10.7. The van der Waals surface area contributed by atoms with E-state index < -0.39 is 21.7 Å². The number of nitrogens with two attached hydrogens (primary N) is 1. The Balaban J connectivity index is 2.62. The molecule has 3 N–H and O–H groups in total. The van der Waals surface area contributed by atoms with E-state index in [4.69, 9.17) is 10.5 Å². The second-order valence-electron chi connectivity index (χ2n) is 3.95. The first-order valence-corrected chi connectivity index (χ1v) is 8.05. The minimum atomic E-state index is -3.80. The molecule has 0 bridgehead atoms. The van der Waals surface area contributed by atoms with Gasteiger partial charge in [0, 0.05) is 5.69 Å². The highest BCUT2D eigenvalue weighted by Gasteiger charge is 2.17. The number of rotatable bonds is 8. The number of carbonyl (C=O) groups is 1. The molecule has 1 aromatic rings. The summed E-state index contributed by atoms with van der Waals surface area (Å²) >= 11 is 4.67. The van der Waals surface area contributed by atoms with Crippen LogP contribution in [0.3, 0.4) is 0 Å². The van der Waals surface area contributed by atoms with E-state index in [1.807, 2.05) is 0 Å². The van der Waals surface area contributed by atoms with Gasteiger partial charge >= 0.3 is 5.97 Å². The number of nitrogens with one attached hydrogen (secondary N) is 1. The predicted molar refractivity (Wildman–Crippen MR) is 82.8 cm³/mol. The summed E-state index contributed by atoms with van der Waals surface area (Å²) in [6.45, 7) is 1.83. The lowest BCUT2D eigenvalue weighted by Crippen LogP contribution is -2.24. The van der Waals surface area contributed by atoms with Crippen molar-refractivity contribution in [2.45, 2.75) is 6.92 Å². The highest BCUT2D eigenvalue weighted by atomic mass is 32.2. The van der Waals surface area contributed by atoms with Gasteiger partial charge < -0.3 is 15.2 Å². The van der Waals surface area contributed by atoms with Gasteiger partial charge in [-0.3, -0.25) is 9.52 Å². The van der Waals surface area contributed by atoms with Crippen molar-refractivity contribution in [3.63, 3.8) is 0 Å². The molecule has 0 fully saturated rings. The molecule has 1 rings (SSSR count). The third kappa shape index (κ3) is 6.91. The molecule has 0 saturated heterocycles. The fourth-order valence-electron chi connectivity index (χ4n) is 1.35. The van der Waals surface area contributed by atoms with Crippen LogP contribution in [-0.4, -0.2) is 38.3 Å². The molecule has 116 valence electrons. The maximum absolute atomic E-state index is 11.7. The van der Waals surface area contributed by atoms with Crippen molar-refractivity contribution >= 4 is 38.9 Å². The number of esters is 1. The summed E-state index contributed by atoms with van der Waals surface area (Å²) in [6.07, 6.45) is 0. The zero-order valence-electron chi connectivity index (χ0n) is 11.4. The molecule has 7 nitrogen and oxygen atoms in total. The van der Waals surface area contributed by atoms with E-state index in [-0.39, 0.29) is 18.2 Å². The number of anilines is 1. The average Bonchev–Trinajstić information content (AvgIpc) is 2.37. The Morgan fingerprint density at radius 2 is 1.95 bits per heavy atom. The van der Waals surface area contributed by atoms with Crippen LogP contribution in [0.4, 0.5) is 5.69 Å². The van der Waals surface area contributed by atoms with E-state index in [0.29, 0.717) is 11.4 Å². The minimum Gasteiger partial charge on any atom is -0.487 e. The molecule has 0 aliphatic rings. The van der Waals surface area contributed by atoms with Crippen LogP contribution >= 0.6 is 12.2 Å². The quantitative estimate of drug-likeness (QED) is 0.532. The van der Waals surface area contributed by atoms with Crippen molar-refractivity contribution in [2.24, 2.45) is 5.73 Å². The van der Waals surface area contributed by atoms with Gasteiger partial charge in [0.2, 0.25) is 10.0 Å². The third-order valence-corrected chi connectivity index (χ3v) is 3.40. The number of benzene rings is 1. The van der Waals surface area contributed by atoms with Crippen molar-refractivity contribution < 1.29 is 22.7 Å². The van der Waals surface area contributed by atoms with Crippen LogP contribution in [0.1, 0.15) is 6.92 Å². The maximum Gasteiger partial charge on any atom is 0.323 e. The molecule has 0 saturated carbocycles. The van der Waals surface area contributed by atoms with E-state index in [0.717, 1.165) is 0 Å². The lowest BCUT2D eigenvalue weighted by atomic mass is 10.3. The van der Waals surface area contributed by atoms with Crippen LogP contribution in [-0.2, 0) is 19.6 Å². The van der Waals surface area contributed by atoms with Gasteiger partial charge in [-0.15, -0.1) is 0 Å². The van der Waals surface area contributed by atoms with Crippen LogP contribution in [0.15, 0.2) is 24.3 Å². The van der Waals surface area contributed by atoms with Crippen LogP contribution in [0, 0.1) is 0 Å². The van der Waals surface area contributed by atoms with Gasteiger partial charge in [-0.2, -0.15) is 0 Å². The molecule has 0 heterocycles. The SMILES string of the molecule is CCOC(=O)CS(=O)(=O)Nc1ccc(OCC(N)=S)cc1. The molecule has 0 aliphatic heterocycles. The van der Waals surface area contributed by atoms with Crippen LogP contribution in [0.2, 0.25) is 0 Å². The van der Waals surface area contributed by atoms with Gasteiger partial charge in [0.25, 0.3) is 0 Å². The molecular weight excluding hydrogens is 316 g/mol. The lowest BCUT2D eigenvalue weighted by molar-refractivity contribution is -0.139. The van der Waals surface area contributed by atoms with Crippen molar-refractivity contribution in [1.29, 1.82) is 0 Å². The van der Waals surface area contributed by atoms with E-state index in [2.05, 4.69) is 21.7 Å². The summed E-state index contributed by atoms with van der Waals surface area (Å²) < 4.78 is 35.5. The molecular formula is C12H16N2O5S2. The summed E-state index contributed by atoms with van der Waals surface area (Å²) in [4.78, 5) is 11.4. The van der Waals surface area contributed by atoms with Crippen LogP contribution < -0.4 is 15.2 Å². The number of sulfonamides is 1.